The van der Waals surface area contributed by atoms with E-state index in [2.05, 4.69) is 15.4 Å². The summed E-state index contributed by atoms with van der Waals surface area (Å²) >= 11 is 0. The van der Waals surface area contributed by atoms with Crippen LogP contribution >= 0.6 is 0 Å². The van der Waals surface area contributed by atoms with Crippen LogP contribution in [0.3, 0.4) is 0 Å². The molecule has 0 aliphatic heterocycles. The lowest BCUT2D eigenvalue weighted by molar-refractivity contribution is 0.240. The molecule has 0 radical (unpaired) electrons. The molecular formula is C13H21N3O3S. The highest BCUT2D eigenvalue weighted by Gasteiger charge is 2.11. The van der Waals surface area contributed by atoms with Gasteiger partial charge in [-0.25, -0.2) is 17.9 Å². The number of hydrogen-bond acceptors (Lipinski definition) is 3. The molecule has 112 valence electrons. The van der Waals surface area contributed by atoms with Gasteiger partial charge in [-0.05, 0) is 31.2 Å². The summed E-state index contributed by atoms with van der Waals surface area (Å²) in [4.78, 5) is 11.7. The summed E-state index contributed by atoms with van der Waals surface area (Å²) in [5.74, 6) is 0. The zero-order chi connectivity index (χ0) is 15.0. The van der Waals surface area contributed by atoms with E-state index in [0.717, 1.165) is 18.4 Å². The number of carbonyl (C=O) groups is 1. The molecule has 0 bridgehead atoms. The molecule has 0 saturated carbocycles. The fourth-order valence-corrected chi connectivity index (χ4v) is 2.36. The number of hydrogen-bond donors (Lipinski definition) is 3. The Morgan fingerprint density at radius 3 is 2.65 bits per heavy atom. The fraction of sp³-hybridized carbons (Fsp3) is 0.462. The van der Waals surface area contributed by atoms with E-state index in [1.165, 1.54) is 19.2 Å². The number of rotatable bonds is 7. The minimum atomic E-state index is -3.46. The van der Waals surface area contributed by atoms with Crippen LogP contribution in [0.1, 0.15) is 25.3 Å². The topological polar surface area (TPSA) is 87.3 Å². The Labute approximate surface area is 120 Å². The number of unbranched alkanes of at least 4 members (excludes halogenated alkanes) is 1. The van der Waals surface area contributed by atoms with Crippen molar-refractivity contribution in [3.8, 4) is 0 Å². The second kappa shape index (κ2) is 7.86. The van der Waals surface area contributed by atoms with Crippen molar-refractivity contribution in [3.05, 3.63) is 29.8 Å². The lowest BCUT2D eigenvalue weighted by Crippen LogP contribution is -2.35. The average molecular weight is 299 g/mol. The van der Waals surface area contributed by atoms with E-state index in [-0.39, 0.29) is 17.5 Å². The zero-order valence-electron chi connectivity index (χ0n) is 11.8. The molecule has 0 spiro atoms. The molecule has 0 atom stereocenters. The Morgan fingerprint density at radius 2 is 2.00 bits per heavy atom. The number of sulfonamides is 1. The molecule has 3 N–H and O–H groups in total. The summed E-state index contributed by atoms with van der Waals surface area (Å²) in [6.45, 7) is 2.97. The van der Waals surface area contributed by atoms with Crippen LogP contribution in [0.2, 0.25) is 0 Å². The van der Waals surface area contributed by atoms with Gasteiger partial charge in [0.2, 0.25) is 10.0 Å². The molecule has 7 heteroatoms. The van der Waals surface area contributed by atoms with Gasteiger partial charge in [0.1, 0.15) is 0 Å². The number of carbonyl (C=O) groups excluding carboxylic acids is 1. The van der Waals surface area contributed by atoms with Gasteiger partial charge < -0.3 is 10.6 Å². The van der Waals surface area contributed by atoms with Crippen molar-refractivity contribution in [3.63, 3.8) is 0 Å². The summed E-state index contributed by atoms with van der Waals surface area (Å²) in [5.41, 5.74) is 0.729. The largest absolute Gasteiger partial charge is 0.338 e. The number of nitrogens with one attached hydrogen (secondary N) is 3. The molecule has 1 aromatic rings. The minimum absolute atomic E-state index is 0.186. The second-order valence-corrected chi connectivity index (χ2v) is 6.20. The molecular weight excluding hydrogens is 278 g/mol. The maximum absolute atomic E-state index is 11.7. The first kappa shape index (κ1) is 16.5. The van der Waals surface area contributed by atoms with Gasteiger partial charge >= 0.3 is 6.03 Å². The first-order valence-corrected chi connectivity index (χ1v) is 8.02. The van der Waals surface area contributed by atoms with Gasteiger partial charge in [0.15, 0.2) is 0 Å². The molecule has 1 aromatic carbocycles. The van der Waals surface area contributed by atoms with Crippen LogP contribution in [-0.2, 0) is 16.6 Å². The third-order valence-electron chi connectivity index (χ3n) is 2.75. The standard InChI is InChI=1S/C13H21N3O3S/c1-3-4-8-15-13(17)16-10-11-6-5-7-12(9-11)20(18,19)14-2/h5-7,9,14H,3-4,8,10H2,1-2H3,(H2,15,16,17). The van der Waals surface area contributed by atoms with Gasteiger partial charge in [-0.3, -0.25) is 0 Å². The molecule has 0 saturated heterocycles. The van der Waals surface area contributed by atoms with Crippen molar-refractivity contribution in [1.29, 1.82) is 0 Å². The molecule has 20 heavy (non-hydrogen) atoms. The lowest BCUT2D eigenvalue weighted by Gasteiger charge is -2.08. The third-order valence-corrected chi connectivity index (χ3v) is 4.16. The van der Waals surface area contributed by atoms with E-state index in [4.69, 9.17) is 0 Å². The van der Waals surface area contributed by atoms with Crippen LogP contribution in [-0.4, -0.2) is 28.0 Å². The molecule has 0 aromatic heterocycles. The van der Waals surface area contributed by atoms with Crippen molar-refractivity contribution in [2.75, 3.05) is 13.6 Å². The van der Waals surface area contributed by atoms with Crippen LogP contribution < -0.4 is 15.4 Å². The van der Waals surface area contributed by atoms with E-state index in [1.807, 2.05) is 6.92 Å². The number of benzene rings is 1. The van der Waals surface area contributed by atoms with Crippen LogP contribution in [0.4, 0.5) is 4.79 Å². The van der Waals surface area contributed by atoms with Crippen molar-refractivity contribution < 1.29 is 13.2 Å². The van der Waals surface area contributed by atoms with Crippen LogP contribution in [0.5, 0.6) is 0 Å². The van der Waals surface area contributed by atoms with Gasteiger partial charge in [-0.15, -0.1) is 0 Å². The van der Waals surface area contributed by atoms with E-state index >= 15 is 0 Å². The van der Waals surface area contributed by atoms with Crippen LogP contribution in [0, 0.1) is 0 Å². The second-order valence-electron chi connectivity index (χ2n) is 4.32. The maximum atomic E-state index is 11.7. The first-order chi connectivity index (χ1) is 9.49. The number of amides is 2. The van der Waals surface area contributed by atoms with Gasteiger partial charge in [0, 0.05) is 13.1 Å². The van der Waals surface area contributed by atoms with Gasteiger partial charge in [-0.1, -0.05) is 25.5 Å². The molecule has 2 amide bonds. The fourth-order valence-electron chi connectivity index (χ4n) is 1.56. The van der Waals surface area contributed by atoms with Crippen molar-refractivity contribution >= 4 is 16.1 Å². The molecule has 1 rings (SSSR count). The number of urea groups is 1. The Bertz CT molecular complexity index is 544. The summed E-state index contributed by atoms with van der Waals surface area (Å²) in [6, 6.07) is 6.21. The van der Waals surface area contributed by atoms with E-state index in [1.54, 1.807) is 12.1 Å². The minimum Gasteiger partial charge on any atom is -0.338 e. The van der Waals surface area contributed by atoms with Crippen LogP contribution in [0.25, 0.3) is 0 Å². The van der Waals surface area contributed by atoms with Crippen molar-refractivity contribution in [2.24, 2.45) is 0 Å². The molecule has 0 fully saturated rings. The SMILES string of the molecule is CCCCNC(=O)NCc1cccc(S(=O)(=O)NC)c1. The van der Waals surface area contributed by atoms with E-state index in [9.17, 15) is 13.2 Å². The highest BCUT2D eigenvalue weighted by molar-refractivity contribution is 7.89. The van der Waals surface area contributed by atoms with Gasteiger partial charge in [0.25, 0.3) is 0 Å². The lowest BCUT2D eigenvalue weighted by atomic mass is 10.2. The quantitative estimate of drug-likeness (QED) is 0.661. The zero-order valence-corrected chi connectivity index (χ0v) is 12.6. The summed E-state index contributed by atoms with van der Waals surface area (Å²) in [5, 5.41) is 5.42. The molecule has 6 nitrogen and oxygen atoms in total. The predicted octanol–water partition coefficient (Wildman–Crippen LogP) is 1.19. The van der Waals surface area contributed by atoms with Gasteiger partial charge in [0.05, 0.1) is 4.90 Å². The third kappa shape index (κ3) is 5.18. The molecule has 0 heterocycles. The summed E-state index contributed by atoms with van der Waals surface area (Å²) < 4.78 is 25.6. The summed E-state index contributed by atoms with van der Waals surface area (Å²) in [6.07, 6.45) is 1.95. The predicted molar refractivity (Wildman–Crippen MR) is 77.8 cm³/mol. The Hall–Kier alpha value is -1.60. The molecule has 0 unspecified atom stereocenters. The average Bonchev–Trinajstić information content (AvgIpc) is 2.46. The Morgan fingerprint density at radius 1 is 1.25 bits per heavy atom. The van der Waals surface area contributed by atoms with Crippen molar-refractivity contribution in [1.82, 2.24) is 15.4 Å². The maximum Gasteiger partial charge on any atom is 0.315 e. The normalized spacial score (nSPS) is 11.1. The Kier molecular flexibility index (Phi) is 6.47. The Balaban J connectivity index is 2.57. The highest BCUT2D eigenvalue weighted by atomic mass is 32.2. The summed E-state index contributed by atoms with van der Waals surface area (Å²) in [7, 11) is -2.09. The first-order valence-electron chi connectivity index (χ1n) is 6.53. The molecule has 0 aliphatic rings. The van der Waals surface area contributed by atoms with Crippen molar-refractivity contribution in [2.45, 2.75) is 31.2 Å². The monoisotopic (exact) mass is 299 g/mol. The molecule has 0 aliphatic carbocycles. The van der Waals surface area contributed by atoms with E-state index < -0.39 is 10.0 Å². The van der Waals surface area contributed by atoms with Crippen LogP contribution in [0.15, 0.2) is 29.2 Å². The van der Waals surface area contributed by atoms with E-state index in [0.29, 0.717) is 6.54 Å². The smallest absolute Gasteiger partial charge is 0.315 e. The highest BCUT2D eigenvalue weighted by Crippen LogP contribution is 2.10. The van der Waals surface area contributed by atoms with Gasteiger partial charge in [-0.2, -0.15) is 0 Å².